The first-order chi connectivity index (χ1) is 17.0. The van der Waals surface area contributed by atoms with Gasteiger partial charge in [-0.25, -0.2) is 0 Å². The van der Waals surface area contributed by atoms with Crippen molar-refractivity contribution < 1.29 is 15.1 Å². The molecule has 2 aromatic rings. The van der Waals surface area contributed by atoms with E-state index in [-0.39, 0.29) is 29.7 Å². The van der Waals surface area contributed by atoms with Crippen LogP contribution in [0.4, 0.5) is 0 Å². The summed E-state index contributed by atoms with van der Waals surface area (Å²) in [7, 11) is 0. The van der Waals surface area contributed by atoms with Crippen LogP contribution in [0.5, 0.6) is 0 Å². The molecule has 1 fully saturated rings. The SMILES string of the molecule is CC(C)(C)C1CCC(N(Cc2ccc(C(=O)N=C(N)N=[NH2+])cc2)C(=O)Cc2c(Cl)cccc2Cl)CC1. The Balaban J connectivity index is 1.82. The van der Waals surface area contributed by atoms with E-state index in [2.05, 4.69) is 30.9 Å². The zero-order valence-electron chi connectivity index (χ0n) is 21.0. The molecule has 0 radical (unpaired) electrons. The van der Waals surface area contributed by atoms with Crippen molar-refractivity contribution in [3.05, 3.63) is 69.2 Å². The molecule has 0 aromatic heterocycles. The summed E-state index contributed by atoms with van der Waals surface area (Å²) in [6.45, 7) is 7.26. The van der Waals surface area contributed by atoms with Crippen LogP contribution >= 0.6 is 23.2 Å². The van der Waals surface area contributed by atoms with Crippen LogP contribution in [-0.4, -0.2) is 28.7 Å². The summed E-state index contributed by atoms with van der Waals surface area (Å²) in [4.78, 5) is 31.4. The van der Waals surface area contributed by atoms with Gasteiger partial charge in [-0.3, -0.25) is 9.59 Å². The predicted molar refractivity (Wildman–Crippen MR) is 143 cm³/mol. The summed E-state index contributed by atoms with van der Waals surface area (Å²) in [6, 6.07) is 12.4. The Morgan fingerprint density at radius 3 is 2.14 bits per heavy atom. The molecule has 0 unspecified atom stereocenters. The number of carbonyl (C=O) groups excluding carboxylic acids is 2. The molecule has 36 heavy (non-hydrogen) atoms. The lowest BCUT2D eigenvalue weighted by molar-refractivity contribution is -0.207. The molecule has 192 valence electrons. The molecule has 0 aliphatic heterocycles. The summed E-state index contributed by atoms with van der Waals surface area (Å²) < 4.78 is 0. The number of rotatable bonds is 6. The van der Waals surface area contributed by atoms with Crippen molar-refractivity contribution in [3.8, 4) is 0 Å². The van der Waals surface area contributed by atoms with E-state index >= 15 is 0 Å². The number of aliphatic imine (C=N–C) groups is 1. The Labute approximate surface area is 222 Å². The van der Waals surface area contributed by atoms with Crippen LogP contribution in [-0.2, 0) is 17.8 Å². The fourth-order valence-corrected chi connectivity index (χ4v) is 5.31. The van der Waals surface area contributed by atoms with Crippen LogP contribution < -0.4 is 11.3 Å². The average Bonchev–Trinajstić information content (AvgIpc) is 2.84. The maximum atomic E-state index is 13.6. The summed E-state index contributed by atoms with van der Waals surface area (Å²) in [5.74, 6) is -0.214. The van der Waals surface area contributed by atoms with Crippen LogP contribution in [0.25, 0.3) is 0 Å². The van der Waals surface area contributed by atoms with Crippen LogP contribution in [0.1, 0.15) is 67.9 Å². The zero-order valence-corrected chi connectivity index (χ0v) is 22.5. The third-order valence-corrected chi connectivity index (χ3v) is 7.68. The van der Waals surface area contributed by atoms with Gasteiger partial charge in [0.15, 0.2) is 0 Å². The first kappa shape index (κ1) is 27.8. The lowest BCUT2D eigenvalue weighted by Crippen LogP contribution is -2.43. The molecular weight excluding hydrogens is 497 g/mol. The second-order valence-corrected chi connectivity index (χ2v) is 11.2. The molecule has 9 heteroatoms. The molecule has 2 aromatic carbocycles. The number of carbonyl (C=O) groups is 2. The third-order valence-electron chi connectivity index (χ3n) is 6.97. The van der Waals surface area contributed by atoms with Crippen LogP contribution in [0.2, 0.25) is 10.0 Å². The number of halogens is 2. The van der Waals surface area contributed by atoms with E-state index in [0.29, 0.717) is 33.6 Å². The van der Waals surface area contributed by atoms with E-state index in [1.807, 2.05) is 17.0 Å². The highest BCUT2D eigenvalue weighted by Crippen LogP contribution is 2.39. The predicted octanol–water partition coefficient (Wildman–Crippen LogP) is 4.84. The molecule has 1 saturated carbocycles. The summed E-state index contributed by atoms with van der Waals surface area (Å²) >= 11 is 12.7. The first-order valence-corrected chi connectivity index (χ1v) is 12.9. The number of hydrogen-bond donors (Lipinski definition) is 2. The second kappa shape index (κ2) is 12.0. The van der Waals surface area contributed by atoms with Gasteiger partial charge in [0.25, 0.3) is 11.9 Å². The summed E-state index contributed by atoms with van der Waals surface area (Å²) in [6.07, 6.45) is 4.16. The van der Waals surface area contributed by atoms with Gasteiger partial charge in [0.05, 0.1) is 6.42 Å². The van der Waals surface area contributed by atoms with Crippen LogP contribution in [0.3, 0.4) is 0 Å². The lowest BCUT2D eigenvalue weighted by atomic mass is 9.71. The van der Waals surface area contributed by atoms with Crippen molar-refractivity contribution in [2.24, 2.45) is 27.2 Å². The van der Waals surface area contributed by atoms with Crippen molar-refractivity contribution in [2.75, 3.05) is 0 Å². The van der Waals surface area contributed by atoms with E-state index in [1.165, 1.54) is 0 Å². The van der Waals surface area contributed by atoms with Gasteiger partial charge in [0.1, 0.15) is 0 Å². The smallest absolute Gasteiger partial charge is 0.288 e. The molecule has 4 N–H and O–H groups in total. The molecule has 0 spiro atoms. The Hall–Kier alpha value is -2.77. The Morgan fingerprint density at radius 1 is 1.03 bits per heavy atom. The standard InChI is InChI=1S/C27H33Cl2N5O2/c1-27(2,3)19-11-13-20(14-12-19)34(24(35)15-21-22(28)5-4-6-23(21)29)16-17-7-9-18(10-8-17)25(36)32-26(30)33-31/h4-10,19-20,31H,11-16H2,1-3H3,(H2,30,32,36)/p+1. The fraction of sp³-hybridized carbons (Fsp3) is 0.444. The molecule has 1 aliphatic carbocycles. The molecule has 0 bridgehead atoms. The molecule has 0 saturated heterocycles. The molecule has 0 atom stereocenters. The van der Waals surface area contributed by atoms with Crippen molar-refractivity contribution in [2.45, 2.75) is 65.5 Å². The number of nitrogens with zero attached hydrogens (tertiary/aromatic N) is 3. The Kier molecular flexibility index (Phi) is 9.25. The highest BCUT2D eigenvalue weighted by molar-refractivity contribution is 6.36. The molecular formula is C27H34Cl2N5O2+. The van der Waals surface area contributed by atoms with Gasteiger partial charge in [0.2, 0.25) is 5.91 Å². The van der Waals surface area contributed by atoms with E-state index in [4.69, 9.17) is 34.5 Å². The topological polar surface area (TPSA) is 114 Å². The van der Waals surface area contributed by atoms with Crippen molar-refractivity contribution in [1.82, 2.24) is 4.90 Å². The number of benzene rings is 2. The largest absolute Gasteiger partial charge is 0.363 e. The normalized spacial score (nSPS) is 18.5. The molecule has 7 nitrogen and oxygen atoms in total. The van der Waals surface area contributed by atoms with E-state index in [0.717, 1.165) is 31.2 Å². The zero-order chi connectivity index (χ0) is 26.5. The second-order valence-electron chi connectivity index (χ2n) is 10.4. The maximum absolute atomic E-state index is 13.6. The quantitative estimate of drug-likeness (QED) is 0.316. The molecule has 2 amide bonds. The number of hydrogen-bond acceptors (Lipinski definition) is 2. The van der Waals surface area contributed by atoms with Crippen LogP contribution in [0.15, 0.2) is 52.6 Å². The van der Waals surface area contributed by atoms with Crippen molar-refractivity contribution in [1.29, 1.82) is 0 Å². The van der Waals surface area contributed by atoms with E-state index in [9.17, 15) is 9.59 Å². The van der Waals surface area contributed by atoms with Crippen LogP contribution in [0, 0.1) is 11.3 Å². The number of nitrogens with two attached hydrogens (primary N) is 2. The van der Waals surface area contributed by atoms with Gasteiger partial charge in [-0.1, -0.05) is 62.2 Å². The van der Waals surface area contributed by atoms with Gasteiger partial charge < -0.3 is 10.6 Å². The molecule has 1 aliphatic rings. The summed E-state index contributed by atoms with van der Waals surface area (Å²) in [5, 5.41) is 4.16. The minimum Gasteiger partial charge on any atom is -0.363 e. The average molecular weight is 532 g/mol. The Morgan fingerprint density at radius 2 is 1.61 bits per heavy atom. The van der Waals surface area contributed by atoms with E-state index in [1.54, 1.807) is 30.3 Å². The molecule has 3 rings (SSSR count). The van der Waals surface area contributed by atoms with Crippen molar-refractivity contribution in [3.63, 3.8) is 0 Å². The van der Waals surface area contributed by atoms with Gasteiger partial charge in [-0.2, -0.15) is 4.99 Å². The van der Waals surface area contributed by atoms with Gasteiger partial charge in [-0.05, 0) is 72.4 Å². The lowest BCUT2D eigenvalue weighted by Gasteiger charge is -2.41. The van der Waals surface area contributed by atoms with Gasteiger partial charge in [0, 0.05) is 33.3 Å². The maximum Gasteiger partial charge on any atom is 0.288 e. The number of amides is 2. The van der Waals surface area contributed by atoms with E-state index < -0.39 is 5.91 Å². The monoisotopic (exact) mass is 530 g/mol. The minimum absolute atomic E-state index is 0.0220. The third kappa shape index (κ3) is 7.14. The number of guanidine groups is 1. The van der Waals surface area contributed by atoms with Gasteiger partial charge >= 0.3 is 0 Å². The first-order valence-electron chi connectivity index (χ1n) is 12.1. The summed E-state index contributed by atoms with van der Waals surface area (Å²) in [5.41, 5.74) is 12.6. The van der Waals surface area contributed by atoms with Gasteiger partial charge in [-0.15, -0.1) is 5.53 Å². The highest BCUT2D eigenvalue weighted by atomic mass is 35.5. The minimum atomic E-state index is -0.532. The fourth-order valence-electron chi connectivity index (χ4n) is 4.78. The van der Waals surface area contributed by atoms with Crippen molar-refractivity contribution >= 4 is 41.0 Å². The molecule has 0 heterocycles. The highest BCUT2D eigenvalue weighted by Gasteiger charge is 2.34. The Bertz CT molecular complexity index is 1110.